The maximum atomic E-state index is 4.85. The number of aryl methyl sites for hydroxylation is 3. The Bertz CT molecular complexity index is 564. The number of nitrogens with zero attached hydrogens (tertiary/aromatic N) is 2. The Kier molecular flexibility index (Phi) is 5.88. The Morgan fingerprint density at radius 1 is 1.05 bits per heavy atom. The minimum atomic E-state index is 0.898. The first-order chi connectivity index (χ1) is 10.2. The second-order valence-electron chi connectivity index (χ2n) is 5.20. The van der Waals surface area contributed by atoms with Gasteiger partial charge in [0.1, 0.15) is 0 Å². The summed E-state index contributed by atoms with van der Waals surface area (Å²) in [7, 11) is 0. The maximum absolute atomic E-state index is 4.85. The zero-order valence-corrected chi connectivity index (χ0v) is 14.3. The fourth-order valence-electron chi connectivity index (χ4n) is 2.56. The van der Waals surface area contributed by atoms with Gasteiger partial charge < -0.3 is 5.32 Å². The summed E-state index contributed by atoms with van der Waals surface area (Å²) in [6.45, 7) is 10.6. The quantitative estimate of drug-likeness (QED) is 0.791. The number of nitrogens with one attached hydrogen (secondary N) is 1. The van der Waals surface area contributed by atoms with Gasteiger partial charge in [0.15, 0.2) is 5.82 Å². The molecular formula is C17H25N3S. The Labute approximate surface area is 131 Å². The van der Waals surface area contributed by atoms with Gasteiger partial charge in [-0.15, -0.1) is 0 Å². The monoisotopic (exact) mass is 303 g/mol. The SMILES string of the molecule is CCNCCc1c(CC)nc(-c2cscc2C)nc1CC. The fraction of sp³-hybridized carbons (Fsp3) is 0.529. The van der Waals surface area contributed by atoms with E-state index in [0.29, 0.717) is 0 Å². The number of hydrogen-bond acceptors (Lipinski definition) is 4. The van der Waals surface area contributed by atoms with Gasteiger partial charge in [0, 0.05) is 22.3 Å². The highest BCUT2D eigenvalue weighted by molar-refractivity contribution is 7.08. The molecule has 0 spiro atoms. The van der Waals surface area contributed by atoms with Crippen LogP contribution in [0.5, 0.6) is 0 Å². The Hall–Kier alpha value is -1.26. The van der Waals surface area contributed by atoms with Gasteiger partial charge in [-0.3, -0.25) is 0 Å². The van der Waals surface area contributed by atoms with Crippen molar-refractivity contribution in [3.8, 4) is 11.4 Å². The molecule has 0 unspecified atom stereocenters. The number of aromatic nitrogens is 2. The van der Waals surface area contributed by atoms with Crippen LogP contribution in [0.1, 0.15) is 43.3 Å². The second-order valence-corrected chi connectivity index (χ2v) is 5.94. The molecule has 0 bridgehead atoms. The lowest BCUT2D eigenvalue weighted by Gasteiger charge is -2.14. The third kappa shape index (κ3) is 3.69. The molecule has 3 nitrogen and oxygen atoms in total. The highest BCUT2D eigenvalue weighted by Gasteiger charge is 2.14. The van der Waals surface area contributed by atoms with Crippen LogP contribution in [0.2, 0.25) is 0 Å². The number of hydrogen-bond donors (Lipinski definition) is 1. The molecule has 0 amide bonds. The summed E-state index contributed by atoms with van der Waals surface area (Å²) in [5.74, 6) is 0.898. The summed E-state index contributed by atoms with van der Waals surface area (Å²) in [5.41, 5.74) is 6.21. The molecular weight excluding hydrogens is 278 g/mol. The van der Waals surface area contributed by atoms with Crippen molar-refractivity contribution in [1.29, 1.82) is 0 Å². The molecule has 0 aliphatic carbocycles. The molecule has 1 N–H and O–H groups in total. The molecule has 0 atom stereocenters. The van der Waals surface area contributed by atoms with E-state index in [2.05, 4.69) is 43.8 Å². The summed E-state index contributed by atoms with van der Waals surface area (Å²) in [6.07, 6.45) is 2.95. The summed E-state index contributed by atoms with van der Waals surface area (Å²) in [5, 5.41) is 7.71. The zero-order chi connectivity index (χ0) is 15.2. The zero-order valence-electron chi connectivity index (χ0n) is 13.5. The molecule has 2 aromatic heterocycles. The van der Waals surface area contributed by atoms with Crippen molar-refractivity contribution in [3.63, 3.8) is 0 Å². The van der Waals surface area contributed by atoms with E-state index in [1.165, 1.54) is 28.1 Å². The van der Waals surface area contributed by atoms with Gasteiger partial charge in [0.2, 0.25) is 0 Å². The third-order valence-corrected chi connectivity index (χ3v) is 4.61. The Morgan fingerprint density at radius 3 is 2.19 bits per heavy atom. The van der Waals surface area contributed by atoms with Gasteiger partial charge in [-0.2, -0.15) is 11.3 Å². The van der Waals surface area contributed by atoms with Crippen molar-refractivity contribution in [2.45, 2.75) is 47.0 Å². The first-order valence-corrected chi connectivity index (χ1v) is 8.78. The van der Waals surface area contributed by atoms with E-state index in [1.54, 1.807) is 11.3 Å². The molecule has 0 aliphatic rings. The second kappa shape index (κ2) is 7.66. The van der Waals surface area contributed by atoms with Gasteiger partial charge in [0.25, 0.3) is 0 Å². The molecule has 0 aromatic carbocycles. The van der Waals surface area contributed by atoms with Crippen LogP contribution >= 0.6 is 11.3 Å². The molecule has 2 rings (SSSR count). The van der Waals surface area contributed by atoms with Crippen LogP contribution in [0.15, 0.2) is 10.8 Å². The van der Waals surface area contributed by atoms with Crippen molar-refractivity contribution >= 4 is 11.3 Å². The smallest absolute Gasteiger partial charge is 0.160 e. The molecule has 2 aromatic rings. The third-order valence-electron chi connectivity index (χ3n) is 3.75. The summed E-state index contributed by atoms with van der Waals surface area (Å²) < 4.78 is 0. The van der Waals surface area contributed by atoms with Crippen LogP contribution in [-0.2, 0) is 19.3 Å². The average molecular weight is 303 g/mol. The van der Waals surface area contributed by atoms with Crippen LogP contribution in [0.25, 0.3) is 11.4 Å². The molecule has 0 saturated heterocycles. The molecule has 4 heteroatoms. The minimum Gasteiger partial charge on any atom is -0.317 e. The van der Waals surface area contributed by atoms with Crippen LogP contribution in [0, 0.1) is 6.92 Å². The van der Waals surface area contributed by atoms with Gasteiger partial charge in [-0.25, -0.2) is 9.97 Å². The van der Waals surface area contributed by atoms with Crippen molar-refractivity contribution in [2.75, 3.05) is 13.1 Å². The molecule has 0 fully saturated rings. The Balaban J connectivity index is 2.41. The molecule has 0 radical (unpaired) electrons. The van der Waals surface area contributed by atoms with E-state index in [0.717, 1.165) is 38.2 Å². The first kappa shape index (κ1) is 16.1. The molecule has 2 heterocycles. The predicted molar refractivity (Wildman–Crippen MR) is 91.1 cm³/mol. The van der Waals surface area contributed by atoms with E-state index in [9.17, 15) is 0 Å². The van der Waals surface area contributed by atoms with Crippen LogP contribution in [-0.4, -0.2) is 23.1 Å². The molecule has 0 saturated carbocycles. The van der Waals surface area contributed by atoms with Gasteiger partial charge in [0.05, 0.1) is 0 Å². The predicted octanol–water partition coefficient (Wildman–Crippen LogP) is 3.79. The number of likely N-dealkylation sites (N-methyl/N-ethyl adjacent to an activating group) is 1. The maximum Gasteiger partial charge on any atom is 0.160 e. The van der Waals surface area contributed by atoms with Crippen molar-refractivity contribution in [3.05, 3.63) is 33.3 Å². The molecule has 21 heavy (non-hydrogen) atoms. The first-order valence-electron chi connectivity index (χ1n) is 7.83. The van der Waals surface area contributed by atoms with E-state index in [1.807, 2.05) is 0 Å². The van der Waals surface area contributed by atoms with Crippen molar-refractivity contribution in [2.24, 2.45) is 0 Å². The topological polar surface area (TPSA) is 37.8 Å². The van der Waals surface area contributed by atoms with Gasteiger partial charge >= 0.3 is 0 Å². The van der Waals surface area contributed by atoms with Crippen molar-refractivity contribution < 1.29 is 0 Å². The lowest BCUT2D eigenvalue weighted by atomic mass is 10.0. The average Bonchev–Trinajstić information content (AvgIpc) is 2.93. The van der Waals surface area contributed by atoms with E-state index in [4.69, 9.17) is 9.97 Å². The van der Waals surface area contributed by atoms with Crippen LogP contribution in [0.3, 0.4) is 0 Å². The van der Waals surface area contributed by atoms with E-state index >= 15 is 0 Å². The number of rotatable bonds is 7. The van der Waals surface area contributed by atoms with E-state index in [-0.39, 0.29) is 0 Å². The lowest BCUT2D eigenvalue weighted by Crippen LogP contribution is -2.18. The summed E-state index contributed by atoms with van der Waals surface area (Å²) >= 11 is 1.72. The lowest BCUT2D eigenvalue weighted by molar-refractivity contribution is 0.702. The minimum absolute atomic E-state index is 0.898. The van der Waals surface area contributed by atoms with Crippen LogP contribution in [0.4, 0.5) is 0 Å². The molecule has 114 valence electrons. The largest absolute Gasteiger partial charge is 0.317 e. The Morgan fingerprint density at radius 2 is 1.71 bits per heavy atom. The fourth-order valence-corrected chi connectivity index (χ4v) is 3.38. The van der Waals surface area contributed by atoms with Gasteiger partial charge in [-0.05, 0) is 55.8 Å². The van der Waals surface area contributed by atoms with Crippen molar-refractivity contribution in [1.82, 2.24) is 15.3 Å². The normalized spacial score (nSPS) is 11.0. The summed E-state index contributed by atoms with van der Waals surface area (Å²) in [6, 6.07) is 0. The standard InChI is InChI=1S/C17H25N3S/c1-5-15-13(8-9-18-7-3)16(6-2)20-17(19-15)14-11-21-10-12(14)4/h10-11,18H,5-9H2,1-4H3. The van der Waals surface area contributed by atoms with Gasteiger partial charge in [-0.1, -0.05) is 20.8 Å². The summed E-state index contributed by atoms with van der Waals surface area (Å²) in [4.78, 5) is 9.70. The highest BCUT2D eigenvalue weighted by Crippen LogP contribution is 2.26. The number of thiophene rings is 1. The van der Waals surface area contributed by atoms with Crippen LogP contribution < -0.4 is 5.32 Å². The molecule has 0 aliphatic heterocycles. The van der Waals surface area contributed by atoms with E-state index < -0.39 is 0 Å². The highest BCUT2D eigenvalue weighted by atomic mass is 32.1.